The zero-order valence-corrected chi connectivity index (χ0v) is 15.7. The number of carbonyl (C=O) groups excluding carboxylic acids is 2. The number of ketones is 1. The predicted octanol–water partition coefficient (Wildman–Crippen LogP) is 2.13. The lowest BCUT2D eigenvalue weighted by atomic mass is 9.61. The standard InChI is InChI=1S/C21H24N2O4/c1-13(24)20-9-5-10-22-11-8-15-14-6-3-4-7-16(14)23(17(15)18(20)22)21(26,12-20)19(25)27-2/h3-4,6-7,18,26H,5,8-12H2,1-2H3/t18-,20+,21+/m1/s1. The van der Waals surface area contributed by atoms with E-state index in [0.717, 1.165) is 48.1 Å². The summed E-state index contributed by atoms with van der Waals surface area (Å²) in [6.07, 6.45) is 2.49. The largest absolute Gasteiger partial charge is 0.465 e. The van der Waals surface area contributed by atoms with Gasteiger partial charge in [-0.3, -0.25) is 9.69 Å². The van der Waals surface area contributed by atoms with Crippen molar-refractivity contribution in [1.82, 2.24) is 9.47 Å². The van der Waals surface area contributed by atoms with Gasteiger partial charge in [-0.1, -0.05) is 18.2 Å². The Morgan fingerprint density at radius 3 is 2.78 bits per heavy atom. The maximum Gasteiger partial charge on any atom is 0.359 e. The van der Waals surface area contributed by atoms with E-state index >= 15 is 0 Å². The summed E-state index contributed by atoms with van der Waals surface area (Å²) in [6, 6.07) is 7.79. The van der Waals surface area contributed by atoms with E-state index < -0.39 is 17.1 Å². The summed E-state index contributed by atoms with van der Waals surface area (Å²) < 4.78 is 6.79. The molecule has 2 aromatic rings. The van der Waals surface area contributed by atoms with Crippen LogP contribution >= 0.6 is 0 Å². The van der Waals surface area contributed by atoms with Gasteiger partial charge >= 0.3 is 5.97 Å². The minimum Gasteiger partial charge on any atom is -0.465 e. The van der Waals surface area contributed by atoms with Crippen LogP contribution in [0.4, 0.5) is 0 Å². The highest BCUT2D eigenvalue weighted by Crippen LogP contribution is 2.59. The van der Waals surface area contributed by atoms with Crippen molar-refractivity contribution in [3.63, 3.8) is 0 Å². The summed E-state index contributed by atoms with van der Waals surface area (Å²) in [5, 5.41) is 12.7. The molecule has 3 atom stereocenters. The molecule has 4 heterocycles. The van der Waals surface area contributed by atoms with E-state index in [1.54, 1.807) is 11.5 Å². The number of hydrogen-bond acceptors (Lipinski definition) is 5. The van der Waals surface area contributed by atoms with Gasteiger partial charge in [0.2, 0.25) is 5.72 Å². The molecule has 6 nitrogen and oxygen atoms in total. The van der Waals surface area contributed by atoms with Gasteiger partial charge in [0.15, 0.2) is 0 Å². The third-order valence-electron chi connectivity index (χ3n) is 7.03. The number of Topliss-reactive ketones (excluding diaryl/α,β-unsaturated/α-hetero) is 1. The van der Waals surface area contributed by atoms with Crippen molar-refractivity contribution in [2.45, 2.75) is 44.4 Å². The summed E-state index contributed by atoms with van der Waals surface area (Å²) in [4.78, 5) is 28.2. The molecule has 0 spiro atoms. The van der Waals surface area contributed by atoms with Gasteiger partial charge in [-0.05, 0) is 44.4 Å². The number of rotatable bonds is 2. The summed E-state index contributed by atoms with van der Waals surface area (Å²) in [6.45, 7) is 3.45. The molecule has 27 heavy (non-hydrogen) atoms. The highest BCUT2D eigenvalue weighted by Gasteiger charge is 2.62. The topological polar surface area (TPSA) is 71.8 Å². The Kier molecular flexibility index (Phi) is 3.41. The Morgan fingerprint density at radius 1 is 1.26 bits per heavy atom. The molecule has 0 saturated carbocycles. The molecule has 1 aromatic carbocycles. The van der Waals surface area contributed by atoms with Gasteiger partial charge in [-0.15, -0.1) is 0 Å². The van der Waals surface area contributed by atoms with Crippen LogP contribution in [0.2, 0.25) is 0 Å². The first-order chi connectivity index (χ1) is 12.9. The number of ether oxygens (including phenoxy) is 1. The number of para-hydroxylation sites is 1. The number of methoxy groups -OCH3 is 1. The van der Waals surface area contributed by atoms with Gasteiger partial charge in [0.25, 0.3) is 0 Å². The second-order valence-electron chi connectivity index (χ2n) is 8.21. The molecule has 0 amide bonds. The molecule has 0 bridgehead atoms. The predicted molar refractivity (Wildman–Crippen MR) is 99.1 cm³/mol. The van der Waals surface area contributed by atoms with Crippen LogP contribution in [-0.2, 0) is 26.5 Å². The van der Waals surface area contributed by atoms with E-state index in [2.05, 4.69) is 4.90 Å². The summed E-state index contributed by atoms with van der Waals surface area (Å²) >= 11 is 0. The quantitative estimate of drug-likeness (QED) is 0.823. The SMILES string of the molecule is COC(=O)[C@@]1(O)C[C@]2(C(C)=O)CCCN3CCc4c(n1c1ccccc41)[C@@H]32. The van der Waals surface area contributed by atoms with Gasteiger partial charge in [-0.25, -0.2) is 4.79 Å². The smallest absolute Gasteiger partial charge is 0.359 e. The fourth-order valence-electron chi connectivity index (χ4n) is 5.94. The number of aliphatic hydroxyl groups is 1. The second kappa shape index (κ2) is 5.42. The van der Waals surface area contributed by atoms with Gasteiger partial charge in [-0.2, -0.15) is 0 Å². The van der Waals surface area contributed by atoms with Crippen LogP contribution < -0.4 is 0 Å². The normalized spacial score (nSPS) is 32.2. The molecule has 3 aliphatic heterocycles. The second-order valence-corrected chi connectivity index (χ2v) is 8.21. The average Bonchev–Trinajstić information content (AvgIpc) is 3.02. The summed E-state index contributed by atoms with van der Waals surface area (Å²) in [7, 11) is 1.29. The van der Waals surface area contributed by atoms with Crippen molar-refractivity contribution >= 4 is 22.7 Å². The first kappa shape index (κ1) is 17.0. The molecule has 1 N–H and O–H groups in total. The maximum atomic E-state index is 13.0. The van der Waals surface area contributed by atoms with E-state index in [4.69, 9.17) is 4.74 Å². The number of hydrogen-bond donors (Lipinski definition) is 1. The molecule has 3 aliphatic rings. The van der Waals surface area contributed by atoms with Crippen molar-refractivity contribution in [3.8, 4) is 0 Å². The van der Waals surface area contributed by atoms with Crippen LogP contribution in [-0.4, -0.2) is 46.5 Å². The van der Waals surface area contributed by atoms with Crippen molar-refractivity contribution in [2.24, 2.45) is 5.41 Å². The molecule has 5 rings (SSSR count). The molecule has 1 aromatic heterocycles. The zero-order valence-electron chi connectivity index (χ0n) is 15.7. The van der Waals surface area contributed by atoms with Crippen LogP contribution in [0, 0.1) is 5.41 Å². The molecule has 1 fully saturated rings. The first-order valence-electron chi connectivity index (χ1n) is 9.62. The molecule has 0 aliphatic carbocycles. The highest BCUT2D eigenvalue weighted by atomic mass is 16.5. The van der Waals surface area contributed by atoms with E-state index in [9.17, 15) is 14.7 Å². The van der Waals surface area contributed by atoms with Crippen LogP contribution in [0.25, 0.3) is 10.9 Å². The Balaban J connectivity index is 1.92. The van der Waals surface area contributed by atoms with Crippen LogP contribution in [0.15, 0.2) is 24.3 Å². The number of aromatic nitrogens is 1. The van der Waals surface area contributed by atoms with E-state index in [-0.39, 0.29) is 18.2 Å². The van der Waals surface area contributed by atoms with Crippen molar-refractivity contribution in [2.75, 3.05) is 20.2 Å². The Bertz CT molecular complexity index is 980. The number of esters is 1. The van der Waals surface area contributed by atoms with E-state index in [1.807, 2.05) is 24.3 Å². The number of benzene rings is 1. The third-order valence-corrected chi connectivity index (χ3v) is 7.03. The zero-order chi connectivity index (χ0) is 19.0. The summed E-state index contributed by atoms with van der Waals surface area (Å²) in [5.74, 6) is -0.656. The minimum absolute atomic E-state index is 0.0453. The molecule has 6 heteroatoms. The Labute approximate surface area is 157 Å². The fraction of sp³-hybridized carbons (Fsp3) is 0.524. The van der Waals surface area contributed by atoms with E-state index in [1.165, 1.54) is 7.11 Å². The highest BCUT2D eigenvalue weighted by molar-refractivity contribution is 5.92. The van der Waals surface area contributed by atoms with Gasteiger partial charge in [0.05, 0.1) is 24.1 Å². The number of fused-ring (bicyclic) bond motifs is 3. The van der Waals surface area contributed by atoms with Crippen LogP contribution in [0.5, 0.6) is 0 Å². The molecule has 1 saturated heterocycles. The minimum atomic E-state index is -1.87. The Hall–Kier alpha value is -2.18. The average molecular weight is 368 g/mol. The van der Waals surface area contributed by atoms with Crippen LogP contribution in [0.3, 0.4) is 0 Å². The van der Waals surface area contributed by atoms with Crippen molar-refractivity contribution < 1.29 is 19.4 Å². The lowest BCUT2D eigenvalue weighted by Gasteiger charge is -2.56. The van der Waals surface area contributed by atoms with Crippen molar-refractivity contribution in [1.29, 1.82) is 0 Å². The van der Waals surface area contributed by atoms with Crippen LogP contribution in [0.1, 0.15) is 43.5 Å². The number of carbonyl (C=O) groups is 2. The summed E-state index contributed by atoms with van der Waals surface area (Å²) in [5.41, 5.74) is 0.281. The lowest BCUT2D eigenvalue weighted by Crippen LogP contribution is -2.62. The fourth-order valence-corrected chi connectivity index (χ4v) is 5.94. The van der Waals surface area contributed by atoms with Crippen molar-refractivity contribution in [3.05, 3.63) is 35.5 Å². The molecule has 0 radical (unpaired) electrons. The molecule has 0 unspecified atom stereocenters. The molecular formula is C21H24N2O4. The first-order valence-corrected chi connectivity index (χ1v) is 9.62. The van der Waals surface area contributed by atoms with Gasteiger partial charge < -0.3 is 14.4 Å². The number of piperidine rings is 1. The van der Waals surface area contributed by atoms with E-state index in [0.29, 0.717) is 6.42 Å². The maximum absolute atomic E-state index is 13.0. The molecule has 142 valence electrons. The van der Waals surface area contributed by atoms with Gasteiger partial charge in [0.1, 0.15) is 5.78 Å². The molecular weight excluding hydrogens is 344 g/mol. The Morgan fingerprint density at radius 2 is 2.04 bits per heavy atom. The monoisotopic (exact) mass is 368 g/mol. The third kappa shape index (κ3) is 1.92. The lowest BCUT2D eigenvalue weighted by molar-refractivity contribution is -0.194. The number of nitrogens with zero attached hydrogens (tertiary/aromatic N) is 2. The van der Waals surface area contributed by atoms with Gasteiger partial charge in [0, 0.05) is 24.0 Å².